The molecule has 1 aromatic carbocycles. The molecule has 24 heavy (non-hydrogen) atoms. The average molecular weight is 344 g/mol. The molecule has 2 fully saturated rings. The lowest BCUT2D eigenvalue weighted by Crippen LogP contribution is -2.53. The van der Waals surface area contributed by atoms with Gasteiger partial charge in [-0.3, -0.25) is 14.5 Å². The fourth-order valence-electron chi connectivity index (χ4n) is 3.32. The fraction of sp³-hybridized carbons (Fsp3) is 0.471. The molecule has 126 valence electrons. The number of carbonyl (C=O) groups excluding carboxylic acids is 2. The third-order valence-corrected chi connectivity index (χ3v) is 5.70. The van der Waals surface area contributed by atoms with Crippen molar-refractivity contribution in [2.24, 2.45) is 0 Å². The largest absolute Gasteiger partial charge is 0.344 e. The Balaban J connectivity index is 1.32. The van der Waals surface area contributed by atoms with Gasteiger partial charge in [-0.05, 0) is 18.6 Å². The second kappa shape index (κ2) is 6.49. The van der Waals surface area contributed by atoms with Crippen LogP contribution >= 0.6 is 11.3 Å². The van der Waals surface area contributed by atoms with Gasteiger partial charge in [0.15, 0.2) is 0 Å². The van der Waals surface area contributed by atoms with Crippen molar-refractivity contribution in [3.8, 4) is 0 Å². The molecular weight excluding hydrogens is 324 g/mol. The molecule has 0 saturated carbocycles. The molecule has 1 atom stereocenters. The van der Waals surface area contributed by atoms with Gasteiger partial charge in [-0.15, -0.1) is 11.3 Å². The molecule has 2 aromatic rings. The van der Waals surface area contributed by atoms with Crippen molar-refractivity contribution in [1.82, 2.24) is 20.1 Å². The lowest BCUT2D eigenvalue weighted by Gasteiger charge is -2.35. The molecule has 0 spiro atoms. The van der Waals surface area contributed by atoms with Gasteiger partial charge in [0.05, 0.1) is 16.8 Å². The van der Waals surface area contributed by atoms with Gasteiger partial charge in [0.25, 0.3) is 0 Å². The summed E-state index contributed by atoms with van der Waals surface area (Å²) in [6.07, 6.45) is 1.09. The third kappa shape index (κ3) is 3.14. The first-order chi connectivity index (χ1) is 11.7. The Bertz CT molecular complexity index is 734. The maximum Gasteiger partial charge on any atom is 0.245 e. The molecule has 7 heteroatoms. The molecule has 2 aliphatic heterocycles. The van der Waals surface area contributed by atoms with Crippen molar-refractivity contribution in [2.45, 2.75) is 25.4 Å². The lowest BCUT2D eigenvalue weighted by molar-refractivity contribution is -0.136. The number of piperazine rings is 1. The number of carbonyl (C=O) groups is 2. The zero-order chi connectivity index (χ0) is 16.5. The maximum absolute atomic E-state index is 12.4. The second-order valence-corrected chi connectivity index (χ2v) is 7.45. The first-order valence-corrected chi connectivity index (χ1v) is 9.16. The molecule has 1 N–H and O–H groups in total. The molecule has 2 saturated heterocycles. The predicted octanol–water partition coefficient (Wildman–Crippen LogP) is 1.22. The summed E-state index contributed by atoms with van der Waals surface area (Å²) >= 11 is 1.74. The van der Waals surface area contributed by atoms with Gasteiger partial charge >= 0.3 is 0 Å². The number of aromatic nitrogens is 1. The molecule has 0 radical (unpaired) electrons. The van der Waals surface area contributed by atoms with E-state index in [0.29, 0.717) is 12.8 Å². The number of thiazole rings is 1. The first-order valence-electron chi connectivity index (χ1n) is 8.34. The standard InChI is InChI=1S/C17H20N4O2S/c22-15-6-5-13(18-15)17(23)21-9-7-20(8-10-21)11-16-19-12-3-1-2-4-14(12)24-16/h1-4,13H,5-11H2,(H,18,22)/t13-/m1/s1. The van der Waals surface area contributed by atoms with E-state index in [0.717, 1.165) is 43.2 Å². The van der Waals surface area contributed by atoms with Gasteiger partial charge in [0.2, 0.25) is 11.8 Å². The van der Waals surface area contributed by atoms with Gasteiger partial charge in [0.1, 0.15) is 11.0 Å². The van der Waals surface area contributed by atoms with Crippen molar-refractivity contribution >= 4 is 33.4 Å². The Morgan fingerprint density at radius 1 is 1.25 bits per heavy atom. The van der Waals surface area contributed by atoms with Crippen molar-refractivity contribution < 1.29 is 9.59 Å². The van der Waals surface area contributed by atoms with Crippen LogP contribution in [-0.4, -0.2) is 58.8 Å². The number of nitrogens with zero attached hydrogens (tertiary/aromatic N) is 3. The van der Waals surface area contributed by atoms with Crippen LogP contribution in [0.5, 0.6) is 0 Å². The topological polar surface area (TPSA) is 65.5 Å². The van der Waals surface area contributed by atoms with Gasteiger partial charge in [0, 0.05) is 32.6 Å². The van der Waals surface area contributed by atoms with Crippen LogP contribution in [0.2, 0.25) is 0 Å². The number of nitrogens with one attached hydrogen (secondary N) is 1. The van der Waals surface area contributed by atoms with E-state index in [2.05, 4.69) is 21.3 Å². The first kappa shape index (κ1) is 15.5. The van der Waals surface area contributed by atoms with Crippen LogP contribution in [0.3, 0.4) is 0 Å². The minimum absolute atomic E-state index is 0.0113. The highest BCUT2D eigenvalue weighted by molar-refractivity contribution is 7.18. The summed E-state index contributed by atoms with van der Waals surface area (Å²) in [7, 11) is 0. The molecule has 6 nitrogen and oxygen atoms in total. The Morgan fingerprint density at radius 2 is 2.04 bits per heavy atom. The number of benzene rings is 1. The SMILES string of the molecule is O=C1CC[C@H](C(=O)N2CCN(Cc3nc4ccccc4s3)CC2)N1. The summed E-state index contributed by atoms with van der Waals surface area (Å²) < 4.78 is 1.22. The molecule has 0 aliphatic carbocycles. The minimum atomic E-state index is -0.312. The van der Waals surface area contributed by atoms with Crippen molar-refractivity contribution in [2.75, 3.05) is 26.2 Å². The Kier molecular flexibility index (Phi) is 4.20. The minimum Gasteiger partial charge on any atom is -0.344 e. The number of fused-ring (bicyclic) bond motifs is 1. The molecule has 0 bridgehead atoms. The van der Waals surface area contributed by atoms with Crippen LogP contribution in [0, 0.1) is 0 Å². The van der Waals surface area contributed by atoms with Crippen LogP contribution < -0.4 is 5.32 Å². The summed E-state index contributed by atoms with van der Waals surface area (Å²) in [5.74, 6) is 0.0586. The van der Waals surface area contributed by atoms with E-state index in [-0.39, 0.29) is 17.9 Å². The van der Waals surface area contributed by atoms with E-state index in [4.69, 9.17) is 0 Å². The van der Waals surface area contributed by atoms with Crippen LogP contribution in [0.1, 0.15) is 17.8 Å². The highest BCUT2D eigenvalue weighted by Crippen LogP contribution is 2.23. The molecule has 2 aliphatic rings. The Hall–Kier alpha value is -1.99. The van der Waals surface area contributed by atoms with Gasteiger partial charge < -0.3 is 10.2 Å². The number of amides is 2. The number of hydrogen-bond donors (Lipinski definition) is 1. The zero-order valence-corrected chi connectivity index (χ0v) is 14.2. The fourth-order valence-corrected chi connectivity index (χ4v) is 4.33. The van der Waals surface area contributed by atoms with E-state index in [1.54, 1.807) is 11.3 Å². The van der Waals surface area contributed by atoms with Crippen LogP contribution in [0.25, 0.3) is 10.2 Å². The van der Waals surface area contributed by atoms with E-state index < -0.39 is 0 Å². The molecular formula is C17H20N4O2S. The zero-order valence-electron chi connectivity index (χ0n) is 13.4. The van der Waals surface area contributed by atoms with Crippen LogP contribution in [-0.2, 0) is 16.1 Å². The summed E-state index contributed by atoms with van der Waals surface area (Å²) in [5, 5.41) is 3.89. The quantitative estimate of drug-likeness (QED) is 0.909. The number of hydrogen-bond acceptors (Lipinski definition) is 5. The molecule has 0 unspecified atom stereocenters. The molecule has 1 aromatic heterocycles. The summed E-state index contributed by atoms with van der Waals surface area (Å²) in [5.41, 5.74) is 1.06. The number of rotatable bonds is 3. The third-order valence-electron chi connectivity index (χ3n) is 4.67. The number of para-hydroxylation sites is 1. The van der Waals surface area contributed by atoms with Crippen molar-refractivity contribution in [1.29, 1.82) is 0 Å². The lowest BCUT2D eigenvalue weighted by atomic mass is 10.2. The summed E-state index contributed by atoms with van der Waals surface area (Å²) in [6, 6.07) is 7.88. The normalized spacial score (nSPS) is 22.1. The van der Waals surface area contributed by atoms with E-state index >= 15 is 0 Å². The smallest absolute Gasteiger partial charge is 0.245 e. The van der Waals surface area contributed by atoms with Crippen molar-refractivity contribution in [3.05, 3.63) is 29.3 Å². The van der Waals surface area contributed by atoms with Crippen LogP contribution in [0.15, 0.2) is 24.3 Å². The van der Waals surface area contributed by atoms with E-state index in [1.165, 1.54) is 4.70 Å². The van der Waals surface area contributed by atoms with Gasteiger partial charge in [-0.1, -0.05) is 12.1 Å². The maximum atomic E-state index is 12.4. The van der Waals surface area contributed by atoms with Crippen LogP contribution in [0.4, 0.5) is 0 Å². The predicted molar refractivity (Wildman–Crippen MR) is 92.6 cm³/mol. The molecule has 4 rings (SSSR count). The summed E-state index contributed by atoms with van der Waals surface area (Å²) in [4.78, 5) is 32.6. The Morgan fingerprint density at radius 3 is 2.75 bits per heavy atom. The van der Waals surface area contributed by atoms with Gasteiger partial charge in [-0.2, -0.15) is 0 Å². The highest BCUT2D eigenvalue weighted by atomic mass is 32.1. The highest BCUT2D eigenvalue weighted by Gasteiger charge is 2.32. The van der Waals surface area contributed by atoms with E-state index in [1.807, 2.05) is 23.1 Å². The van der Waals surface area contributed by atoms with E-state index in [9.17, 15) is 9.59 Å². The monoisotopic (exact) mass is 344 g/mol. The molecule has 2 amide bonds. The molecule has 3 heterocycles. The van der Waals surface area contributed by atoms with Gasteiger partial charge in [-0.25, -0.2) is 4.98 Å². The van der Waals surface area contributed by atoms with Crippen molar-refractivity contribution in [3.63, 3.8) is 0 Å². The second-order valence-electron chi connectivity index (χ2n) is 6.34. The Labute approximate surface area is 144 Å². The average Bonchev–Trinajstić information content (AvgIpc) is 3.20. The summed E-state index contributed by atoms with van der Waals surface area (Å²) in [6.45, 7) is 3.97.